The van der Waals surface area contributed by atoms with Crippen molar-refractivity contribution in [2.24, 2.45) is 7.05 Å². The molecule has 0 bridgehead atoms. The van der Waals surface area contributed by atoms with Crippen LogP contribution in [0.4, 0.5) is 5.82 Å². The second-order valence-corrected chi connectivity index (χ2v) is 6.16. The number of imidazole rings is 1. The second-order valence-electron chi connectivity index (χ2n) is 6.16. The molecule has 0 radical (unpaired) electrons. The van der Waals surface area contributed by atoms with E-state index in [1.807, 2.05) is 25.6 Å². The number of aromatic nitrogens is 5. The SMILES string of the molecule is C[C@@H]1CN(c2ncnc3[nH]ccc23)CCN1Cc1nccn1C. The highest BCUT2D eigenvalue weighted by atomic mass is 15.3. The van der Waals surface area contributed by atoms with E-state index in [0.717, 1.165) is 48.9 Å². The maximum atomic E-state index is 4.51. The van der Waals surface area contributed by atoms with Crippen LogP contribution in [0.2, 0.25) is 0 Å². The lowest BCUT2D eigenvalue weighted by atomic mass is 10.1. The van der Waals surface area contributed by atoms with Gasteiger partial charge in [-0.1, -0.05) is 0 Å². The Morgan fingerprint density at radius 3 is 2.96 bits per heavy atom. The number of hydrogen-bond acceptors (Lipinski definition) is 5. The predicted octanol–water partition coefficient (Wildman–Crippen LogP) is 1.40. The maximum Gasteiger partial charge on any atom is 0.142 e. The van der Waals surface area contributed by atoms with Gasteiger partial charge in [0.15, 0.2) is 0 Å². The van der Waals surface area contributed by atoms with Crippen LogP contribution in [0, 0.1) is 0 Å². The first-order chi connectivity index (χ1) is 11.2. The van der Waals surface area contributed by atoms with Crippen LogP contribution in [-0.2, 0) is 13.6 Å². The lowest BCUT2D eigenvalue weighted by Gasteiger charge is -2.40. The standard InChI is InChI=1S/C16H21N7/c1-12-9-23(16-13-3-4-18-15(13)19-11-20-16)8-7-22(12)10-14-17-5-6-21(14)2/h3-6,11-12H,7-10H2,1-2H3,(H,18,19,20)/t12-/m1/s1. The van der Waals surface area contributed by atoms with Gasteiger partial charge in [0.25, 0.3) is 0 Å². The topological polar surface area (TPSA) is 65.9 Å². The van der Waals surface area contributed by atoms with Gasteiger partial charge in [0, 0.05) is 51.3 Å². The van der Waals surface area contributed by atoms with Crippen LogP contribution in [0.1, 0.15) is 12.7 Å². The molecule has 0 aromatic carbocycles. The molecule has 120 valence electrons. The van der Waals surface area contributed by atoms with Gasteiger partial charge in [-0.2, -0.15) is 0 Å². The average Bonchev–Trinajstić information content (AvgIpc) is 3.18. The van der Waals surface area contributed by atoms with E-state index in [2.05, 4.69) is 47.3 Å². The summed E-state index contributed by atoms with van der Waals surface area (Å²) in [5.74, 6) is 2.14. The fraction of sp³-hybridized carbons (Fsp3) is 0.438. The van der Waals surface area contributed by atoms with E-state index in [1.165, 1.54) is 0 Å². The van der Waals surface area contributed by atoms with Gasteiger partial charge in [0.1, 0.15) is 23.6 Å². The number of nitrogens with zero attached hydrogens (tertiary/aromatic N) is 6. The summed E-state index contributed by atoms with van der Waals surface area (Å²) in [6.07, 6.45) is 7.42. The molecule has 0 unspecified atom stereocenters. The minimum Gasteiger partial charge on any atom is -0.353 e. The van der Waals surface area contributed by atoms with E-state index >= 15 is 0 Å². The first-order valence-corrected chi connectivity index (χ1v) is 7.95. The summed E-state index contributed by atoms with van der Waals surface area (Å²) in [7, 11) is 2.05. The van der Waals surface area contributed by atoms with E-state index in [9.17, 15) is 0 Å². The number of rotatable bonds is 3. The van der Waals surface area contributed by atoms with E-state index in [1.54, 1.807) is 6.33 Å². The molecule has 1 saturated heterocycles. The Kier molecular flexibility index (Phi) is 3.49. The van der Waals surface area contributed by atoms with Crippen molar-refractivity contribution in [3.8, 4) is 0 Å². The largest absolute Gasteiger partial charge is 0.353 e. The highest BCUT2D eigenvalue weighted by Gasteiger charge is 2.26. The fourth-order valence-corrected chi connectivity index (χ4v) is 3.26. The van der Waals surface area contributed by atoms with Crippen LogP contribution >= 0.6 is 0 Å². The Labute approximate surface area is 135 Å². The normalized spacial score (nSPS) is 19.6. The number of aromatic amines is 1. The van der Waals surface area contributed by atoms with Crippen molar-refractivity contribution in [2.45, 2.75) is 19.5 Å². The smallest absolute Gasteiger partial charge is 0.142 e. The molecule has 7 heteroatoms. The summed E-state index contributed by atoms with van der Waals surface area (Å²) < 4.78 is 2.09. The van der Waals surface area contributed by atoms with Crippen LogP contribution in [0.5, 0.6) is 0 Å². The molecule has 1 fully saturated rings. The molecular formula is C16H21N7. The monoisotopic (exact) mass is 311 g/mol. The number of hydrogen-bond donors (Lipinski definition) is 1. The van der Waals surface area contributed by atoms with Crippen molar-refractivity contribution >= 4 is 16.9 Å². The zero-order valence-electron chi connectivity index (χ0n) is 13.5. The Morgan fingerprint density at radius 2 is 2.17 bits per heavy atom. The Hall–Kier alpha value is -2.41. The minimum atomic E-state index is 0.449. The summed E-state index contributed by atoms with van der Waals surface area (Å²) in [4.78, 5) is 21.2. The molecule has 0 saturated carbocycles. The first kappa shape index (κ1) is 14.2. The van der Waals surface area contributed by atoms with Crippen molar-refractivity contribution in [3.05, 3.63) is 36.8 Å². The van der Waals surface area contributed by atoms with Crippen LogP contribution in [-0.4, -0.2) is 55.1 Å². The summed E-state index contributed by atoms with van der Waals surface area (Å²) in [6, 6.07) is 2.50. The molecule has 3 aromatic rings. The third-order valence-electron chi connectivity index (χ3n) is 4.66. The Bertz CT molecular complexity index is 805. The number of anilines is 1. The van der Waals surface area contributed by atoms with E-state index in [4.69, 9.17) is 0 Å². The molecule has 1 atom stereocenters. The third-order valence-corrected chi connectivity index (χ3v) is 4.66. The third kappa shape index (κ3) is 2.57. The molecule has 7 nitrogen and oxygen atoms in total. The van der Waals surface area contributed by atoms with Crippen molar-refractivity contribution in [3.63, 3.8) is 0 Å². The number of H-pyrrole nitrogens is 1. The van der Waals surface area contributed by atoms with Crippen LogP contribution < -0.4 is 4.90 Å². The van der Waals surface area contributed by atoms with Gasteiger partial charge in [-0.3, -0.25) is 4.90 Å². The van der Waals surface area contributed by atoms with Crippen LogP contribution in [0.3, 0.4) is 0 Å². The average molecular weight is 311 g/mol. The molecule has 1 aliphatic heterocycles. The van der Waals surface area contributed by atoms with E-state index < -0.39 is 0 Å². The molecule has 4 rings (SSSR count). The van der Waals surface area contributed by atoms with Crippen LogP contribution in [0.25, 0.3) is 11.0 Å². The van der Waals surface area contributed by atoms with Gasteiger partial charge in [-0.15, -0.1) is 0 Å². The molecular weight excluding hydrogens is 290 g/mol. The lowest BCUT2D eigenvalue weighted by Crippen LogP contribution is -2.52. The number of fused-ring (bicyclic) bond motifs is 1. The predicted molar refractivity (Wildman–Crippen MR) is 89.2 cm³/mol. The summed E-state index contributed by atoms with van der Waals surface area (Å²) in [6.45, 7) is 6.09. The number of aryl methyl sites for hydroxylation is 1. The molecule has 1 N–H and O–H groups in total. The summed E-state index contributed by atoms with van der Waals surface area (Å²) in [5, 5.41) is 1.09. The van der Waals surface area contributed by atoms with Gasteiger partial charge in [-0.05, 0) is 13.0 Å². The first-order valence-electron chi connectivity index (χ1n) is 7.95. The van der Waals surface area contributed by atoms with E-state index in [0.29, 0.717) is 6.04 Å². The van der Waals surface area contributed by atoms with E-state index in [-0.39, 0.29) is 0 Å². The molecule has 0 aliphatic carbocycles. The van der Waals surface area contributed by atoms with Gasteiger partial charge >= 0.3 is 0 Å². The van der Waals surface area contributed by atoms with Gasteiger partial charge < -0.3 is 14.5 Å². The highest BCUT2D eigenvalue weighted by Crippen LogP contribution is 2.24. The van der Waals surface area contributed by atoms with Gasteiger partial charge in [0.05, 0.1) is 11.9 Å². The fourth-order valence-electron chi connectivity index (χ4n) is 3.26. The number of piperazine rings is 1. The molecule has 0 spiro atoms. The molecule has 23 heavy (non-hydrogen) atoms. The lowest BCUT2D eigenvalue weighted by molar-refractivity contribution is 0.175. The molecule has 0 amide bonds. The van der Waals surface area contributed by atoms with Crippen molar-refractivity contribution in [1.29, 1.82) is 0 Å². The maximum absolute atomic E-state index is 4.51. The summed E-state index contributed by atoms with van der Waals surface area (Å²) >= 11 is 0. The second kappa shape index (κ2) is 5.66. The van der Waals surface area contributed by atoms with Crippen LogP contribution in [0.15, 0.2) is 31.0 Å². The highest BCUT2D eigenvalue weighted by molar-refractivity contribution is 5.87. The molecule has 1 aliphatic rings. The van der Waals surface area contributed by atoms with Crippen molar-refractivity contribution in [2.75, 3.05) is 24.5 Å². The zero-order valence-corrected chi connectivity index (χ0v) is 13.5. The van der Waals surface area contributed by atoms with Crippen molar-refractivity contribution in [1.82, 2.24) is 29.4 Å². The Morgan fingerprint density at radius 1 is 1.26 bits per heavy atom. The molecule has 3 aromatic heterocycles. The minimum absolute atomic E-state index is 0.449. The van der Waals surface area contributed by atoms with Gasteiger partial charge in [0.2, 0.25) is 0 Å². The van der Waals surface area contributed by atoms with Gasteiger partial charge in [-0.25, -0.2) is 15.0 Å². The quantitative estimate of drug-likeness (QED) is 0.792. The summed E-state index contributed by atoms with van der Waals surface area (Å²) in [5.41, 5.74) is 0.901. The number of nitrogens with one attached hydrogen (secondary N) is 1. The zero-order chi connectivity index (χ0) is 15.8. The Balaban J connectivity index is 1.51. The molecule has 4 heterocycles. The van der Waals surface area contributed by atoms with Crippen molar-refractivity contribution < 1.29 is 0 Å².